The predicted octanol–water partition coefficient (Wildman–Crippen LogP) is 0.929. The molecule has 0 aliphatic carbocycles. The Labute approximate surface area is 97.4 Å². The molecule has 0 aliphatic heterocycles. The number of anilines is 1. The second-order valence-corrected chi connectivity index (χ2v) is 4.06. The lowest BCUT2D eigenvalue weighted by atomic mass is 10.2. The van der Waals surface area contributed by atoms with Crippen LogP contribution in [0.25, 0.3) is 0 Å². The Bertz CT molecular complexity index is 326. The lowest BCUT2D eigenvalue weighted by Crippen LogP contribution is -2.26. The van der Waals surface area contributed by atoms with Gasteiger partial charge < -0.3 is 20.7 Å². The van der Waals surface area contributed by atoms with Gasteiger partial charge in [-0.25, -0.2) is 0 Å². The Morgan fingerprint density at radius 2 is 2.12 bits per heavy atom. The van der Waals surface area contributed by atoms with E-state index in [4.69, 9.17) is 10.5 Å². The summed E-state index contributed by atoms with van der Waals surface area (Å²) in [6.45, 7) is 2.84. The summed E-state index contributed by atoms with van der Waals surface area (Å²) in [5, 5.41) is 3.37. The summed E-state index contributed by atoms with van der Waals surface area (Å²) in [5.41, 5.74) is 7.61. The van der Waals surface area contributed by atoms with E-state index >= 15 is 0 Å². The highest BCUT2D eigenvalue weighted by molar-refractivity contribution is 5.53. The highest BCUT2D eigenvalue weighted by atomic mass is 16.5. The van der Waals surface area contributed by atoms with E-state index in [1.54, 1.807) is 7.11 Å². The van der Waals surface area contributed by atoms with Crippen LogP contribution >= 0.6 is 0 Å². The largest absolute Gasteiger partial charge is 0.495 e. The van der Waals surface area contributed by atoms with Gasteiger partial charge in [-0.3, -0.25) is 0 Å². The molecule has 0 aromatic heterocycles. The number of likely N-dealkylation sites (N-methyl/N-ethyl adjacent to an activating group) is 1. The maximum absolute atomic E-state index is 5.74. The molecule has 0 atom stereocenters. The molecule has 16 heavy (non-hydrogen) atoms. The smallest absolute Gasteiger partial charge is 0.142 e. The summed E-state index contributed by atoms with van der Waals surface area (Å²) in [6.07, 6.45) is 0. The van der Waals surface area contributed by atoms with Crippen molar-refractivity contribution in [2.75, 3.05) is 40.0 Å². The van der Waals surface area contributed by atoms with E-state index in [0.717, 1.165) is 25.4 Å². The Balaban J connectivity index is 2.42. The lowest BCUT2D eigenvalue weighted by Gasteiger charge is -2.11. The summed E-state index contributed by atoms with van der Waals surface area (Å²) < 4.78 is 5.17. The van der Waals surface area contributed by atoms with E-state index < -0.39 is 0 Å². The molecule has 4 heteroatoms. The van der Waals surface area contributed by atoms with Crippen molar-refractivity contribution in [3.8, 4) is 5.75 Å². The average Bonchev–Trinajstić information content (AvgIpc) is 2.26. The van der Waals surface area contributed by atoms with Gasteiger partial charge in [-0.15, -0.1) is 0 Å². The number of ether oxygens (including phenoxy) is 1. The van der Waals surface area contributed by atoms with Crippen LogP contribution in [0.5, 0.6) is 5.75 Å². The fourth-order valence-corrected chi connectivity index (χ4v) is 1.40. The molecule has 0 unspecified atom stereocenters. The van der Waals surface area contributed by atoms with Gasteiger partial charge >= 0.3 is 0 Å². The van der Waals surface area contributed by atoms with Crippen molar-refractivity contribution < 1.29 is 4.74 Å². The molecule has 0 bridgehead atoms. The Hall–Kier alpha value is -1.26. The Kier molecular flexibility index (Phi) is 5.08. The van der Waals surface area contributed by atoms with Crippen molar-refractivity contribution in [1.29, 1.82) is 0 Å². The number of rotatable bonds is 6. The van der Waals surface area contributed by atoms with Crippen LogP contribution in [0.4, 0.5) is 5.69 Å². The third-order valence-corrected chi connectivity index (χ3v) is 2.36. The van der Waals surface area contributed by atoms with Crippen LogP contribution in [0, 0.1) is 0 Å². The van der Waals surface area contributed by atoms with Gasteiger partial charge in [0.05, 0.1) is 12.8 Å². The van der Waals surface area contributed by atoms with Crippen molar-refractivity contribution in [1.82, 2.24) is 10.2 Å². The molecule has 0 fully saturated rings. The molecule has 0 saturated heterocycles. The highest BCUT2D eigenvalue weighted by Crippen LogP contribution is 2.21. The minimum absolute atomic E-state index is 0.680. The quantitative estimate of drug-likeness (QED) is 0.556. The van der Waals surface area contributed by atoms with Crippen LogP contribution in [0.1, 0.15) is 5.56 Å². The molecule has 0 radical (unpaired) electrons. The first-order chi connectivity index (χ1) is 7.63. The minimum atomic E-state index is 0.680. The number of nitrogen functional groups attached to an aromatic ring is 1. The maximum atomic E-state index is 5.74. The third-order valence-electron chi connectivity index (χ3n) is 2.36. The number of nitrogens with one attached hydrogen (secondary N) is 1. The van der Waals surface area contributed by atoms with Gasteiger partial charge in [0.2, 0.25) is 0 Å². The highest BCUT2D eigenvalue weighted by Gasteiger charge is 2.00. The van der Waals surface area contributed by atoms with Crippen molar-refractivity contribution >= 4 is 5.69 Å². The molecular weight excluding hydrogens is 202 g/mol. The fourth-order valence-electron chi connectivity index (χ4n) is 1.40. The molecule has 1 rings (SSSR count). The van der Waals surface area contributed by atoms with E-state index in [2.05, 4.69) is 24.3 Å². The molecule has 0 aliphatic rings. The van der Waals surface area contributed by atoms with Crippen LogP contribution in [0.2, 0.25) is 0 Å². The van der Waals surface area contributed by atoms with Crippen molar-refractivity contribution in [2.45, 2.75) is 6.54 Å². The monoisotopic (exact) mass is 223 g/mol. The molecule has 0 heterocycles. The molecule has 0 saturated carbocycles. The van der Waals surface area contributed by atoms with Gasteiger partial charge in [0.1, 0.15) is 5.75 Å². The molecule has 4 nitrogen and oxygen atoms in total. The van der Waals surface area contributed by atoms with E-state index in [9.17, 15) is 0 Å². The zero-order chi connectivity index (χ0) is 12.0. The van der Waals surface area contributed by atoms with E-state index in [0.29, 0.717) is 5.69 Å². The molecular formula is C12H21N3O. The van der Waals surface area contributed by atoms with Crippen LogP contribution < -0.4 is 15.8 Å². The minimum Gasteiger partial charge on any atom is -0.495 e. The third kappa shape index (κ3) is 4.08. The first kappa shape index (κ1) is 12.8. The zero-order valence-corrected chi connectivity index (χ0v) is 10.3. The van der Waals surface area contributed by atoms with Crippen molar-refractivity contribution in [3.05, 3.63) is 23.8 Å². The second kappa shape index (κ2) is 6.35. The zero-order valence-electron chi connectivity index (χ0n) is 10.3. The van der Waals surface area contributed by atoms with E-state index in [1.165, 1.54) is 5.56 Å². The standard InChI is InChI=1S/C12H21N3O/c1-15(2)7-6-14-9-10-4-5-11(13)12(8-10)16-3/h4-5,8,14H,6-7,9,13H2,1-3H3. The number of hydrogen-bond donors (Lipinski definition) is 2. The van der Waals surface area contributed by atoms with E-state index in [1.807, 2.05) is 18.2 Å². The van der Waals surface area contributed by atoms with Gasteiger partial charge in [-0.2, -0.15) is 0 Å². The number of nitrogens with two attached hydrogens (primary N) is 1. The number of methoxy groups -OCH3 is 1. The van der Waals surface area contributed by atoms with Gasteiger partial charge in [0.15, 0.2) is 0 Å². The summed E-state index contributed by atoms with van der Waals surface area (Å²) in [7, 11) is 5.76. The van der Waals surface area contributed by atoms with Gasteiger partial charge in [-0.1, -0.05) is 6.07 Å². The molecule has 0 spiro atoms. The van der Waals surface area contributed by atoms with E-state index in [-0.39, 0.29) is 0 Å². The fraction of sp³-hybridized carbons (Fsp3) is 0.500. The number of hydrogen-bond acceptors (Lipinski definition) is 4. The SMILES string of the molecule is COc1cc(CNCCN(C)C)ccc1N. The summed E-state index contributed by atoms with van der Waals surface area (Å²) in [4.78, 5) is 2.15. The van der Waals surface area contributed by atoms with Gasteiger partial charge in [0, 0.05) is 19.6 Å². The lowest BCUT2D eigenvalue weighted by molar-refractivity contribution is 0.399. The molecule has 1 aromatic carbocycles. The first-order valence-electron chi connectivity index (χ1n) is 5.41. The van der Waals surface area contributed by atoms with Crippen LogP contribution in [-0.2, 0) is 6.54 Å². The summed E-state index contributed by atoms with van der Waals surface area (Å²) in [6, 6.07) is 5.86. The second-order valence-electron chi connectivity index (χ2n) is 4.06. The first-order valence-corrected chi connectivity index (χ1v) is 5.41. The Morgan fingerprint density at radius 3 is 2.75 bits per heavy atom. The van der Waals surface area contributed by atoms with Crippen molar-refractivity contribution in [3.63, 3.8) is 0 Å². The summed E-state index contributed by atoms with van der Waals surface area (Å²) >= 11 is 0. The molecule has 0 amide bonds. The topological polar surface area (TPSA) is 50.5 Å². The van der Waals surface area contributed by atoms with Crippen LogP contribution in [0.3, 0.4) is 0 Å². The predicted molar refractivity (Wildman–Crippen MR) is 67.7 cm³/mol. The van der Waals surface area contributed by atoms with Crippen LogP contribution in [0.15, 0.2) is 18.2 Å². The molecule has 1 aromatic rings. The molecule has 90 valence electrons. The number of benzene rings is 1. The molecule has 3 N–H and O–H groups in total. The average molecular weight is 223 g/mol. The maximum Gasteiger partial charge on any atom is 0.142 e. The Morgan fingerprint density at radius 1 is 1.38 bits per heavy atom. The normalized spacial score (nSPS) is 10.8. The van der Waals surface area contributed by atoms with Gasteiger partial charge in [-0.05, 0) is 31.8 Å². The summed E-state index contributed by atoms with van der Waals surface area (Å²) in [5.74, 6) is 0.743. The van der Waals surface area contributed by atoms with Crippen molar-refractivity contribution in [2.24, 2.45) is 0 Å². The van der Waals surface area contributed by atoms with Gasteiger partial charge in [0.25, 0.3) is 0 Å². The van der Waals surface area contributed by atoms with Crippen LogP contribution in [-0.4, -0.2) is 39.2 Å². The number of nitrogens with zero attached hydrogens (tertiary/aromatic N) is 1.